The lowest BCUT2D eigenvalue weighted by Crippen LogP contribution is -2.32. The van der Waals surface area contributed by atoms with Crippen molar-refractivity contribution in [1.82, 2.24) is 0 Å². The zero-order valence-corrected chi connectivity index (χ0v) is 18.4. The molecular formula is C23H21ClO4S2. The summed E-state index contributed by atoms with van der Waals surface area (Å²) < 4.78 is 52.1. The van der Waals surface area contributed by atoms with Gasteiger partial charge in [0.05, 0.1) is 9.79 Å². The van der Waals surface area contributed by atoms with E-state index in [1.807, 2.05) is 0 Å². The van der Waals surface area contributed by atoms with E-state index in [2.05, 4.69) is 6.58 Å². The lowest BCUT2D eigenvalue weighted by atomic mass is 9.97. The molecule has 0 bridgehead atoms. The number of hydrogen-bond donors (Lipinski definition) is 0. The number of hydrogen-bond acceptors (Lipinski definition) is 4. The molecule has 30 heavy (non-hydrogen) atoms. The first-order valence-corrected chi connectivity index (χ1v) is 12.7. The predicted octanol–water partition coefficient (Wildman–Crippen LogP) is 5.27. The van der Waals surface area contributed by atoms with Crippen LogP contribution >= 0.6 is 11.6 Å². The highest BCUT2D eigenvalue weighted by Gasteiger charge is 2.41. The maximum Gasteiger partial charge on any atom is 0.195 e. The maximum atomic E-state index is 13.5. The van der Waals surface area contributed by atoms with E-state index in [0.717, 1.165) is 5.56 Å². The van der Waals surface area contributed by atoms with E-state index < -0.39 is 30.2 Å². The van der Waals surface area contributed by atoms with Gasteiger partial charge in [-0.15, -0.1) is 6.58 Å². The van der Waals surface area contributed by atoms with Crippen molar-refractivity contribution < 1.29 is 16.8 Å². The molecule has 156 valence electrons. The third-order valence-corrected chi connectivity index (χ3v) is 10.3. The number of benzene rings is 3. The summed E-state index contributed by atoms with van der Waals surface area (Å²) in [6.07, 6.45) is 1.40. The van der Waals surface area contributed by atoms with Crippen LogP contribution in [0.4, 0.5) is 0 Å². The molecule has 0 saturated heterocycles. The summed E-state index contributed by atoms with van der Waals surface area (Å²) in [6, 6.07) is 22.1. The van der Waals surface area contributed by atoms with Gasteiger partial charge in [-0.25, -0.2) is 16.8 Å². The molecule has 4 nitrogen and oxygen atoms in total. The van der Waals surface area contributed by atoms with Crippen molar-refractivity contribution in [1.29, 1.82) is 0 Å². The zero-order valence-electron chi connectivity index (χ0n) is 16.1. The number of halogens is 1. The molecule has 0 heterocycles. The Labute approximate surface area is 182 Å². The second kappa shape index (κ2) is 9.16. The molecule has 0 N–H and O–H groups in total. The average Bonchev–Trinajstić information content (AvgIpc) is 2.76. The molecule has 0 aliphatic heterocycles. The van der Waals surface area contributed by atoms with Crippen LogP contribution in [0, 0.1) is 0 Å². The topological polar surface area (TPSA) is 68.3 Å². The molecule has 3 aromatic carbocycles. The molecule has 7 heteroatoms. The molecule has 0 aromatic heterocycles. The fraction of sp³-hybridized carbons (Fsp3) is 0.130. The molecule has 3 rings (SSSR count). The van der Waals surface area contributed by atoms with E-state index >= 15 is 0 Å². The first-order valence-electron chi connectivity index (χ1n) is 9.22. The molecule has 0 aliphatic carbocycles. The normalized spacial score (nSPS) is 13.1. The van der Waals surface area contributed by atoms with Gasteiger partial charge in [-0.2, -0.15) is 0 Å². The quantitative estimate of drug-likeness (QED) is 0.429. The van der Waals surface area contributed by atoms with Crippen LogP contribution in [0.25, 0.3) is 0 Å². The Kier molecular flexibility index (Phi) is 6.81. The van der Waals surface area contributed by atoms with E-state index in [1.54, 1.807) is 66.7 Å². The smallest absolute Gasteiger partial charge is 0.195 e. The summed E-state index contributed by atoms with van der Waals surface area (Å²) >= 11 is 5.95. The van der Waals surface area contributed by atoms with Crippen LogP contribution in [0.2, 0.25) is 5.02 Å². The molecule has 0 radical (unpaired) electrons. The van der Waals surface area contributed by atoms with E-state index in [-0.39, 0.29) is 16.2 Å². The monoisotopic (exact) mass is 460 g/mol. The number of sulfone groups is 2. The fourth-order valence-electron chi connectivity index (χ4n) is 3.23. The van der Waals surface area contributed by atoms with Crippen molar-refractivity contribution in [2.75, 3.05) is 0 Å². The number of allylic oxidation sites excluding steroid dienone is 1. The average molecular weight is 461 g/mol. The van der Waals surface area contributed by atoms with Gasteiger partial charge in [0.1, 0.15) is 0 Å². The molecule has 3 aromatic rings. The highest BCUT2D eigenvalue weighted by atomic mass is 35.5. The second-order valence-electron chi connectivity index (χ2n) is 6.78. The Bertz CT molecular complexity index is 1140. The lowest BCUT2D eigenvalue weighted by Gasteiger charge is -2.23. The van der Waals surface area contributed by atoms with Crippen LogP contribution < -0.4 is 0 Å². The summed E-state index contributed by atoms with van der Waals surface area (Å²) in [5.41, 5.74) is 0.742. The highest BCUT2D eigenvalue weighted by Crippen LogP contribution is 2.34. The van der Waals surface area contributed by atoms with E-state index in [9.17, 15) is 16.8 Å². The molecule has 0 fully saturated rings. The molecule has 1 atom stereocenters. The van der Waals surface area contributed by atoms with Crippen LogP contribution in [0.3, 0.4) is 0 Å². The minimum Gasteiger partial charge on any atom is -0.222 e. The van der Waals surface area contributed by atoms with E-state index in [0.29, 0.717) is 5.02 Å². The van der Waals surface area contributed by atoms with Crippen LogP contribution in [0.5, 0.6) is 0 Å². The van der Waals surface area contributed by atoms with Gasteiger partial charge in [-0.05, 0) is 48.4 Å². The lowest BCUT2D eigenvalue weighted by molar-refractivity contribution is 0.564. The van der Waals surface area contributed by atoms with E-state index in [4.69, 9.17) is 11.6 Å². The SMILES string of the molecule is C=CC(CC(S(=O)(=O)c1ccccc1)S(=O)(=O)c1ccccc1)c1ccc(Cl)cc1. The fourth-order valence-corrected chi connectivity index (χ4v) is 7.96. The molecular weight excluding hydrogens is 440 g/mol. The third kappa shape index (κ3) is 4.67. The van der Waals surface area contributed by atoms with Crippen molar-refractivity contribution in [3.63, 3.8) is 0 Å². The Hall–Kier alpha value is -2.41. The van der Waals surface area contributed by atoms with Crippen molar-refractivity contribution in [2.45, 2.75) is 26.7 Å². The Balaban J connectivity index is 2.12. The minimum absolute atomic E-state index is 0.0339. The maximum absolute atomic E-state index is 13.5. The Morgan fingerprint density at radius 2 is 1.17 bits per heavy atom. The molecule has 0 aliphatic rings. The van der Waals surface area contributed by atoms with Gasteiger partial charge in [-0.3, -0.25) is 0 Å². The first-order chi connectivity index (χ1) is 14.3. The van der Waals surface area contributed by atoms with Crippen molar-refractivity contribution in [3.8, 4) is 0 Å². The summed E-state index contributed by atoms with van der Waals surface area (Å²) in [7, 11) is -8.38. The predicted molar refractivity (Wildman–Crippen MR) is 120 cm³/mol. The first kappa shape index (κ1) is 22.3. The third-order valence-electron chi connectivity index (χ3n) is 4.86. The molecule has 1 unspecified atom stereocenters. The largest absolute Gasteiger partial charge is 0.222 e. The molecule has 0 spiro atoms. The van der Waals surface area contributed by atoms with E-state index in [1.165, 1.54) is 24.3 Å². The van der Waals surface area contributed by atoms with Gasteiger partial charge in [0.25, 0.3) is 0 Å². The van der Waals surface area contributed by atoms with Gasteiger partial charge in [0.2, 0.25) is 0 Å². The standard InChI is InChI=1S/C23H21ClO4S2/c1-2-18(19-13-15-20(24)16-14-19)17-23(29(25,26)21-9-5-3-6-10-21)30(27,28)22-11-7-4-8-12-22/h2-16,18,23H,1,17H2. The zero-order chi connectivity index (χ0) is 21.8. The summed E-state index contributed by atoms with van der Waals surface area (Å²) in [6.45, 7) is 3.80. The molecule has 0 saturated carbocycles. The van der Waals surface area contributed by atoms with Crippen LogP contribution in [-0.2, 0) is 19.7 Å². The van der Waals surface area contributed by atoms with Crippen LogP contribution in [0.1, 0.15) is 17.9 Å². The second-order valence-corrected chi connectivity index (χ2v) is 11.8. The van der Waals surface area contributed by atoms with Crippen molar-refractivity contribution in [2.24, 2.45) is 0 Å². The molecule has 0 amide bonds. The Morgan fingerprint density at radius 3 is 1.57 bits per heavy atom. The van der Waals surface area contributed by atoms with Gasteiger partial charge in [0, 0.05) is 10.9 Å². The summed E-state index contributed by atoms with van der Waals surface area (Å²) in [4.78, 5) is -0.0677. The summed E-state index contributed by atoms with van der Waals surface area (Å²) in [5.74, 6) is -0.496. The Morgan fingerprint density at radius 1 is 0.733 bits per heavy atom. The number of rotatable bonds is 8. The minimum atomic E-state index is -4.19. The van der Waals surface area contributed by atoms with Gasteiger partial charge >= 0.3 is 0 Å². The van der Waals surface area contributed by atoms with Gasteiger partial charge < -0.3 is 0 Å². The van der Waals surface area contributed by atoms with Crippen LogP contribution in [-0.4, -0.2) is 21.4 Å². The van der Waals surface area contributed by atoms with Crippen LogP contribution in [0.15, 0.2) is 107 Å². The van der Waals surface area contributed by atoms with Gasteiger partial charge in [-0.1, -0.05) is 66.2 Å². The van der Waals surface area contributed by atoms with Crippen molar-refractivity contribution >= 4 is 31.3 Å². The highest BCUT2D eigenvalue weighted by molar-refractivity contribution is 8.09. The van der Waals surface area contributed by atoms with Crippen molar-refractivity contribution in [3.05, 3.63) is 108 Å². The summed E-state index contributed by atoms with van der Waals surface area (Å²) in [5, 5.41) is 0.534. The van der Waals surface area contributed by atoms with Gasteiger partial charge in [0.15, 0.2) is 24.3 Å².